The Balaban J connectivity index is 2.09. The van der Waals surface area contributed by atoms with E-state index in [1.165, 1.54) is 16.8 Å². The van der Waals surface area contributed by atoms with Crippen molar-refractivity contribution in [1.82, 2.24) is 9.88 Å². The summed E-state index contributed by atoms with van der Waals surface area (Å²) >= 11 is 0. The largest absolute Gasteiger partial charge is 0.493 e. The van der Waals surface area contributed by atoms with E-state index in [-0.39, 0.29) is 16.8 Å². The van der Waals surface area contributed by atoms with Crippen molar-refractivity contribution >= 4 is 5.91 Å². The van der Waals surface area contributed by atoms with Crippen molar-refractivity contribution in [2.75, 3.05) is 19.8 Å². The van der Waals surface area contributed by atoms with Crippen molar-refractivity contribution in [3.63, 3.8) is 0 Å². The van der Waals surface area contributed by atoms with Gasteiger partial charge in [-0.2, -0.15) is 0 Å². The number of aromatic nitrogens is 1. The summed E-state index contributed by atoms with van der Waals surface area (Å²) in [5.74, 6) is 2.57. The van der Waals surface area contributed by atoms with Crippen LogP contribution in [0.3, 0.4) is 0 Å². The normalized spacial score (nSPS) is 16.7. The molecule has 1 saturated heterocycles. The van der Waals surface area contributed by atoms with E-state index in [4.69, 9.17) is 15.9 Å². The molecule has 0 bridgehead atoms. The van der Waals surface area contributed by atoms with Crippen LogP contribution in [0.15, 0.2) is 46.7 Å². The van der Waals surface area contributed by atoms with E-state index in [0.717, 1.165) is 0 Å². The second-order valence-electron chi connectivity index (χ2n) is 4.58. The SMILES string of the molecule is C#C/C(=C\C=C1/COCCO1)NC(=O)c1ccn(C)c(=O)c1. The summed E-state index contributed by atoms with van der Waals surface area (Å²) < 4.78 is 12.0. The number of aryl methyl sites for hydroxylation is 1. The smallest absolute Gasteiger partial charge is 0.256 e. The van der Waals surface area contributed by atoms with Gasteiger partial charge in [0.1, 0.15) is 19.0 Å². The molecule has 0 unspecified atom stereocenters. The Morgan fingerprint density at radius 2 is 2.32 bits per heavy atom. The minimum Gasteiger partial charge on any atom is -0.493 e. The predicted octanol–water partition coefficient (Wildman–Crippen LogP) is 0.563. The number of amides is 1. The van der Waals surface area contributed by atoms with E-state index >= 15 is 0 Å². The van der Waals surface area contributed by atoms with Gasteiger partial charge in [0.25, 0.3) is 11.5 Å². The molecule has 1 fully saturated rings. The Labute approximate surface area is 128 Å². The maximum Gasteiger partial charge on any atom is 0.256 e. The molecule has 2 heterocycles. The second kappa shape index (κ2) is 7.29. The summed E-state index contributed by atoms with van der Waals surface area (Å²) in [6.45, 7) is 1.42. The topological polar surface area (TPSA) is 69.6 Å². The Morgan fingerprint density at radius 1 is 1.50 bits per heavy atom. The number of hydrogen-bond donors (Lipinski definition) is 1. The molecule has 6 nitrogen and oxygen atoms in total. The zero-order valence-corrected chi connectivity index (χ0v) is 12.2. The molecule has 22 heavy (non-hydrogen) atoms. The molecule has 0 saturated carbocycles. The molecular formula is C16H16N2O4. The van der Waals surface area contributed by atoms with Crippen LogP contribution in [0.1, 0.15) is 10.4 Å². The quantitative estimate of drug-likeness (QED) is 0.828. The third kappa shape index (κ3) is 4.11. The van der Waals surface area contributed by atoms with Crippen LogP contribution in [-0.2, 0) is 16.5 Å². The molecule has 0 atom stereocenters. The molecule has 1 amide bonds. The van der Waals surface area contributed by atoms with Crippen LogP contribution in [0.5, 0.6) is 0 Å². The van der Waals surface area contributed by atoms with Gasteiger partial charge >= 0.3 is 0 Å². The molecule has 1 N–H and O–H groups in total. The highest BCUT2D eigenvalue weighted by atomic mass is 16.6. The summed E-state index contributed by atoms with van der Waals surface area (Å²) in [5.41, 5.74) is 0.246. The Hall–Kier alpha value is -2.78. The number of ether oxygens (including phenoxy) is 2. The van der Waals surface area contributed by atoms with Crippen LogP contribution in [0, 0.1) is 12.3 Å². The number of nitrogens with zero attached hydrogens (tertiary/aromatic N) is 1. The first-order chi connectivity index (χ1) is 10.6. The lowest BCUT2D eigenvalue weighted by atomic mass is 10.2. The van der Waals surface area contributed by atoms with Crippen LogP contribution in [-0.4, -0.2) is 30.3 Å². The first kappa shape index (κ1) is 15.6. The van der Waals surface area contributed by atoms with Crippen LogP contribution in [0.4, 0.5) is 0 Å². The van der Waals surface area contributed by atoms with E-state index in [1.54, 1.807) is 25.3 Å². The van der Waals surface area contributed by atoms with E-state index in [2.05, 4.69) is 11.2 Å². The van der Waals surface area contributed by atoms with Crippen LogP contribution < -0.4 is 10.9 Å². The van der Waals surface area contributed by atoms with Gasteiger partial charge in [-0.05, 0) is 18.2 Å². The average molecular weight is 300 g/mol. The summed E-state index contributed by atoms with van der Waals surface area (Å²) in [7, 11) is 1.61. The highest BCUT2D eigenvalue weighted by Gasteiger charge is 2.08. The van der Waals surface area contributed by atoms with Gasteiger partial charge in [0.15, 0.2) is 0 Å². The predicted molar refractivity (Wildman–Crippen MR) is 80.9 cm³/mol. The highest BCUT2D eigenvalue weighted by molar-refractivity contribution is 5.95. The lowest BCUT2D eigenvalue weighted by molar-refractivity contribution is 0.0135. The summed E-state index contributed by atoms with van der Waals surface area (Å²) in [6.07, 6.45) is 10.1. The minimum absolute atomic E-state index is 0.245. The molecule has 114 valence electrons. The molecular weight excluding hydrogens is 284 g/mol. The second-order valence-corrected chi connectivity index (χ2v) is 4.58. The molecule has 0 radical (unpaired) electrons. The van der Waals surface area contributed by atoms with Crippen molar-refractivity contribution in [2.24, 2.45) is 7.05 Å². The monoisotopic (exact) mass is 300 g/mol. The first-order valence-electron chi connectivity index (χ1n) is 6.66. The number of terminal acetylenes is 1. The number of allylic oxidation sites excluding steroid dienone is 3. The number of carbonyl (C=O) groups is 1. The van der Waals surface area contributed by atoms with Crippen molar-refractivity contribution < 1.29 is 14.3 Å². The number of hydrogen-bond acceptors (Lipinski definition) is 4. The average Bonchev–Trinajstić information content (AvgIpc) is 2.54. The van der Waals surface area contributed by atoms with Crippen molar-refractivity contribution in [2.45, 2.75) is 0 Å². The Bertz CT molecular complexity index is 714. The van der Waals surface area contributed by atoms with Crippen molar-refractivity contribution in [3.05, 3.63) is 57.9 Å². The molecule has 2 rings (SSSR count). The third-order valence-corrected chi connectivity index (χ3v) is 2.97. The van der Waals surface area contributed by atoms with Crippen LogP contribution in [0.2, 0.25) is 0 Å². The molecule has 6 heteroatoms. The van der Waals surface area contributed by atoms with Gasteiger partial charge in [-0.1, -0.05) is 5.92 Å². The van der Waals surface area contributed by atoms with Gasteiger partial charge in [-0.25, -0.2) is 0 Å². The molecule has 0 aromatic carbocycles. The van der Waals surface area contributed by atoms with E-state index in [1.807, 2.05) is 0 Å². The summed E-state index contributed by atoms with van der Waals surface area (Å²) in [4.78, 5) is 23.6. The lowest BCUT2D eigenvalue weighted by Gasteiger charge is -2.15. The molecule has 0 spiro atoms. The Morgan fingerprint density at radius 3 is 2.95 bits per heavy atom. The molecule has 1 aromatic heterocycles. The number of pyridine rings is 1. The van der Waals surface area contributed by atoms with Gasteiger partial charge in [-0.3, -0.25) is 9.59 Å². The van der Waals surface area contributed by atoms with Gasteiger partial charge in [-0.15, -0.1) is 6.42 Å². The Kier molecular flexibility index (Phi) is 5.17. The number of rotatable bonds is 3. The summed E-state index contributed by atoms with van der Waals surface area (Å²) in [5, 5.41) is 2.57. The maximum absolute atomic E-state index is 12.1. The van der Waals surface area contributed by atoms with Crippen LogP contribution >= 0.6 is 0 Å². The van der Waals surface area contributed by atoms with E-state index < -0.39 is 5.91 Å². The van der Waals surface area contributed by atoms with Gasteiger partial charge in [0, 0.05) is 24.9 Å². The zero-order chi connectivity index (χ0) is 15.9. The highest BCUT2D eigenvalue weighted by Crippen LogP contribution is 2.05. The minimum atomic E-state index is -0.443. The first-order valence-corrected chi connectivity index (χ1v) is 6.66. The van der Waals surface area contributed by atoms with Crippen molar-refractivity contribution in [3.8, 4) is 12.3 Å². The molecule has 0 aliphatic carbocycles. The van der Waals surface area contributed by atoms with Gasteiger partial charge in [0.2, 0.25) is 0 Å². The van der Waals surface area contributed by atoms with Crippen LogP contribution in [0.25, 0.3) is 0 Å². The number of carbonyl (C=O) groups excluding carboxylic acids is 1. The fraction of sp³-hybridized carbons (Fsp3) is 0.250. The molecule has 1 aliphatic heterocycles. The van der Waals surface area contributed by atoms with E-state index in [0.29, 0.717) is 25.6 Å². The van der Waals surface area contributed by atoms with Gasteiger partial charge < -0.3 is 19.4 Å². The van der Waals surface area contributed by atoms with Gasteiger partial charge in [0.05, 0.1) is 12.3 Å². The maximum atomic E-state index is 12.1. The van der Waals surface area contributed by atoms with Crippen molar-refractivity contribution in [1.29, 1.82) is 0 Å². The fourth-order valence-electron chi connectivity index (χ4n) is 1.73. The molecule has 1 aromatic rings. The summed E-state index contributed by atoms with van der Waals surface area (Å²) in [6, 6.07) is 2.79. The third-order valence-electron chi connectivity index (χ3n) is 2.97. The number of nitrogens with one attached hydrogen (secondary N) is 1. The standard InChI is InChI=1S/C16H16N2O4/c1-3-13(4-5-14-11-21-8-9-22-14)17-16(20)12-6-7-18(2)15(19)10-12/h1,4-7,10H,8-9,11H2,2H3,(H,17,20)/b13-4+,14-5+. The van der Waals surface area contributed by atoms with E-state index in [9.17, 15) is 9.59 Å². The molecule has 1 aliphatic rings. The fourth-order valence-corrected chi connectivity index (χ4v) is 1.73. The zero-order valence-electron chi connectivity index (χ0n) is 12.2. The lowest BCUT2D eigenvalue weighted by Crippen LogP contribution is -2.25.